The Bertz CT molecular complexity index is 998. The first-order valence-corrected chi connectivity index (χ1v) is 14.7. The van der Waals surface area contributed by atoms with Crippen LogP contribution in [0.3, 0.4) is 0 Å². The highest BCUT2D eigenvalue weighted by Gasteiger charge is 2.40. The lowest BCUT2D eigenvalue weighted by Crippen LogP contribution is -2.40. The van der Waals surface area contributed by atoms with Crippen LogP contribution in [-0.2, 0) is 17.6 Å². The van der Waals surface area contributed by atoms with Crippen LogP contribution in [0.4, 0.5) is 0 Å². The van der Waals surface area contributed by atoms with Gasteiger partial charge in [0.2, 0.25) is 0 Å². The quantitative estimate of drug-likeness (QED) is 0.186. The van der Waals surface area contributed by atoms with Crippen LogP contribution in [0.25, 0.3) is 0 Å². The van der Waals surface area contributed by atoms with E-state index in [1.165, 1.54) is 11.3 Å². The van der Waals surface area contributed by atoms with E-state index in [-0.39, 0.29) is 23.6 Å². The van der Waals surface area contributed by atoms with Crippen molar-refractivity contribution in [2.24, 2.45) is 11.8 Å². The first kappa shape index (κ1) is 30.6. The summed E-state index contributed by atoms with van der Waals surface area (Å²) < 4.78 is 5.11. The maximum absolute atomic E-state index is 12.3. The third-order valence-corrected chi connectivity index (χ3v) is 9.14. The highest BCUT2D eigenvalue weighted by atomic mass is 35.5. The standard InChI is InChI=1S/C27H35Cl3O6S/c1-2-22(31)26(34)24(33)14-36-27(35)25-9-7-18(37-25)4-3-5-19-20(23(32)13-21(19)30)8-6-15-10-16(28)12-17(29)11-15/h7,9-12,19-24,26,31-34H,2-6,8,13-14H2,1H3/t19-,20-,21-,22+,23-,24-,26+/m1/s1. The molecule has 4 N–H and O–H groups in total. The summed E-state index contributed by atoms with van der Waals surface area (Å²) >= 11 is 20.2. The van der Waals surface area contributed by atoms with E-state index in [2.05, 4.69) is 0 Å². The van der Waals surface area contributed by atoms with E-state index in [4.69, 9.17) is 39.5 Å². The van der Waals surface area contributed by atoms with Crippen molar-refractivity contribution in [2.75, 3.05) is 6.61 Å². The summed E-state index contributed by atoms with van der Waals surface area (Å²) in [5.41, 5.74) is 1.04. The second kappa shape index (κ2) is 14.5. The summed E-state index contributed by atoms with van der Waals surface area (Å²) in [5.74, 6) is -0.279. The van der Waals surface area contributed by atoms with Gasteiger partial charge in [-0.3, -0.25) is 0 Å². The fraction of sp³-hybridized carbons (Fsp3) is 0.593. The van der Waals surface area contributed by atoms with Crippen molar-refractivity contribution in [3.63, 3.8) is 0 Å². The Morgan fingerprint density at radius 2 is 1.76 bits per heavy atom. The minimum atomic E-state index is -1.37. The van der Waals surface area contributed by atoms with Gasteiger partial charge in [0.25, 0.3) is 0 Å². The molecule has 1 saturated carbocycles. The summed E-state index contributed by atoms with van der Waals surface area (Å²) in [7, 11) is 0. The molecule has 1 heterocycles. The molecule has 1 aromatic heterocycles. The van der Waals surface area contributed by atoms with Crippen molar-refractivity contribution < 1.29 is 30.0 Å². The Hall–Kier alpha value is -0.900. The molecule has 7 atom stereocenters. The molecular formula is C27H35Cl3O6S. The number of hydrogen-bond donors (Lipinski definition) is 4. The molecule has 0 saturated heterocycles. The van der Waals surface area contributed by atoms with Crippen molar-refractivity contribution in [3.8, 4) is 0 Å². The topological polar surface area (TPSA) is 107 Å². The van der Waals surface area contributed by atoms with Gasteiger partial charge in [0.1, 0.15) is 23.7 Å². The monoisotopic (exact) mass is 592 g/mol. The second-order valence-electron chi connectivity index (χ2n) is 9.75. The molecule has 1 aromatic carbocycles. The number of carbonyl (C=O) groups excluding carboxylic acids is 1. The largest absolute Gasteiger partial charge is 0.459 e. The number of ether oxygens (including phenoxy) is 1. The number of alkyl halides is 1. The Balaban J connectivity index is 1.47. The number of benzene rings is 1. The second-order valence-corrected chi connectivity index (χ2v) is 12.4. The number of hydrogen-bond acceptors (Lipinski definition) is 7. The molecular weight excluding hydrogens is 559 g/mol. The van der Waals surface area contributed by atoms with Gasteiger partial charge in [-0.2, -0.15) is 0 Å². The molecule has 10 heteroatoms. The number of thiophene rings is 1. The van der Waals surface area contributed by atoms with Gasteiger partial charge in [0.05, 0.1) is 12.2 Å². The summed E-state index contributed by atoms with van der Waals surface area (Å²) in [4.78, 5) is 13.8. The van der Waals surface area contributed by atoms with E-state index in [9.17, 15) is 25.2 Å². The van der Waals surface area contributed by atoms with Crippen LogP contribution in [0.1, 0.15) is 59.1 Å². The van der Waals surface area contributed by atoms with E-state index in [1.54, 1.807) is 19.1 Å². The molecule has 0 amide bonds. The van der Waals surface area contributed by atoms with Crippen LogP contribution in [0.5, 0.6) is 0 Å². The fourth-order valence-corrected chi connectivity index (χ4v) is 7.00. The van der Waals surface area contributed by atoms with Crippen LogP contribution in [0, 0.1) is 11.8 Å². The summed E-state index contributed by atoms with van der Waals surface area (Å²) in [6.45, 7) is 1.29. The van der Waals surface area contributed by atoms with Crippen molar-refractivity contribution in [3.05, 3.63) is 55.7 Å². The normalized spacial score (nSPS) is 24.1. The van der Waals surface area contributed by atoms with Crippen LogP contribution >= 0.6 is 46.1 Å². The molecule has 0 spiro atoms. The summed E-state index contributed by atoms with van der Waals surface area (Å²) in [6, 6.07) is 9.08. The van der Waals surface area contributed by atoms with E-state index in [0.29, 0.717) is 21.3 Å². The SMILES string of the molecule is CC[C@H](O)[C@H](O)[C@H](O)COC(=O)c1ccc(CCC[C@@H]2[C@@H](CCc3cc(Cl)cc(Cl)c3)[C@H](O)C[C@H]2Cl)s1. The Morgan fingerprint density at radius 1 is 1.05 bits per heavy atom. The van der Waals surface area contributed by atoms with Gasteiger partial charge in [-0.05, 0) is 92.7 Å². The lowest BCUT2D eigenvalue weighted by molar-refractivity contribution is -0.0802. The Kier molecular flexibility index (Phi) is 12.0. The van der Waals surface area contributed by atoms with Gasteiger partial charge in [0.15, 0.2) is 0 Å². The van der Waals surface area contributed by atoms with Gasteiger partial charge in [-0.1, -0.05) is 30.1 Å². The van der Waals surface area contributed by atoms with Crippen LogP contribution < -0.4 is 0 Å². The third-order valence-electron chi connectivity index (χ3n) is 7.08. The first-order chi connectivity index (χ1) is 17.6. The molecule has 1 aliphatic carbocycles. The zero-order valence-electron chi connectivity index (χ0n) is 20.7. The molecule has 0 bridgehead atoms. The molecule has 1 fully saturated rings. The van der Waals surface area contributed by atoms with Crippen LogP contribution in [-0.4, -0.2) is 62.8 Å². The van der Waals surface area contributed by atoms with Crippen molar-refractivity contribution in [1.29, 1.82) is 0 Å². The highest BCUT2D eigenvalue weighted by molar-refractivity contribution is 7.13. The average molecular weight is 594 g/mol. The van der Waals surface area contributed by atoms with Gasteiger partial charge in [0, 0.05) is 20.3 Å². The Labute approximate surface area is 237 Å². The third kappa shape index (κ3) is 8.80. The molecule has 1 aliphatic rings. The minimum Gasteiger partial charge on any atom is -0.459 e. The highest BCUT2D eigenvalue weighted by Crippen LogP contribution is 2.42. The van der Waals surface area contributed by atoms with E-state index in [1.807, 2.05) is 18.2 Å². The van der Waals surface area contributed by atoms with Gasteiger partial charge >= 0.3 is 5.97 Å². The molecule has 0 aliphatic heterocycles. The molecule has 2 aromatic rings. The molecule has 3 rings (SSSR count). The smallest absolute Gasteiger partial charge is 0.348 e. The van der Waals surface area contributed by atoms with Crippen LogP contribution in [0.15, 0.2) is 30.3 Å². The predicted octanol–water partition coefficient (Wildman–Crippen LogP) is 5.26. The van der Waals surface area contributed by atoms with Gasteiger partial charge in [-0.25, -0.2) is 4.79 Å². The van der Waals surface area contributed by atoms with Crippen LogP contribution in [0.2, 0.25) is 10.0 Å². The lowest BCUT2D eigenvalue weighted by atomic mass is 9.85. The maximum atomic E-state index is 12.3. The maximum Gasteiger partial charge on any atom is 0.348 e. The zero-order valence-corrected chi connectivity index (χ0v) is 23.8. The van der Waals surface area contributed by atoms with Gasteiger partial charge < -0.3 is 25.2 Å². The predicted molar refractivity (Wildman–Crippen MR) is 148 cm³/mol. The number of aryl methyl sites for hydroxylation is 2. The fourth-order valence-electron chi connectivity index (χ4n) is 4.99. The number of carbonyl (C=O) groups is 1. The van der Waals surface area contributed by atoms with E-state index < -0.39 is 37.0 Å². The zero-order chi connectivity index (χ0) is 27.1. The molecule has 37 heavy (non-hydrogen) atoms. The molecule has 0 unspecified atom stereocenters. The van der Waals surface area contributed by atoms with Gasteiger partial charge in [-0.15, -0.1) is 22.9 Å². The van der Waals surface area contributed by atoms with Crippen molar-refractivity contribution in [1.82, 2.24) is 0 Å². The average Bonchev–Trinajstić information content (AvgIpc) is 3.43. The number of halogens is 3. The molecule has 6 nitrogen and oxygen atoms in total. The number of aliphatic hydroxyl groups excluding tert-OH is 4. The van der Waals surface area contributed by atoms with E-state index >= 15 is 0 Å². The van der Waals surface area contributed by atoms with Crippen molar-refractivity contribution >= 4 is 52.1 Å². The number of aliphatic hydroxyl groups is 4. The summed E-state index contributed by atoms with van der Waals surface area (Å²) in [6.07, 6.45) is 0.704. The lowest BCUT2D eigenvalue weighted by Gasteiger charge is -2.23. The summed E-state index contributed by atoms with van der Waals surface area (Å²) in [5, 5.41) is 41.1. The Morgan fingerprint density at radius 3 is 2.43 bits per heavy atom. The molecule has 0 radical (unpaired) electrons. The number of rotatable bonds is 13. The minimum absolute atomic E-state index is 0.0789. The molecule has 206 valence electrons. The van der Waals surface area contributed by atoms with Crippen molar-refractivity contribution in [2.45, 2.75) is 81.7 Å². The first-order valence-electron chi connectivity index (χ1n) is 12.7. The van der Waals surface area contributed by atoms with E-state index in [0.717, 1.165) is 42.5 Å². The number of esters is 1.